The van der Waals surface area contributed by atoms with Gasteiger partial charge in [0.05, 0.1) is 13.5 Å². The molecule has 0 saturated heterocycles. The Bertz CT molecular complexity index is 729. The molecule has 2 aromatic carbocycles. The van der Waals surface area contributed by atoms with Crippen molar-refractivity contribution in [2.75, 3.05) is 7.11 Å². The van der Waals surface area contributed by atoms with E-state index in [1.165, 1.54) is 0 Å². The maximum atomic E-state index is 12.2. The van der Waals surface area contributed by atoms with Crippen LogP contribution < -0.4 is 9.47 Å². The highest BCUT2D eigenvalue weighted by Gasteiger charge is 2.32. The molecule has 1 heterocycles. The van der Waals surface area contributed by atoms with Crippen molar-refractivity contribution in [3.05, 3.63) is 58.7 Å². The predicted octanol–water partition coefficient (Wildman–Crippen LogP) is 4.57. The molecule has 0 saturated carbocycles. The molecule has 3 heteroatoms. The summed E-state index contributed by atoms with van der Waals surface area (Å²) in [7, 11) is 1.65. The average Bonchev–Trinajstić information content (AvgIpc) is 2.54. The van der Waals surface area contributed by atoms with Crippen molar-refractivity contribution in [2.24, 2.45) is 0 Å². The van der Waals surface area contributed by atoms with Crippen LogP contribution in [-0.2, 0) is 4.79 Å². The lowest BCUT2D eigenvalue weighted by atomic mass is 9.81. The van der Waals surface area contributed by atoms with Crippen LogP contribution in [0.2, 0.25) is 0 Å². The lowest BCUT2D eigenvalue weighted by Gasteiger charge is -2.29. The third kappa shape index (κ3) is 2.83. The number of fused-ring (bicyclic) bond motifs is 1. The van der Waals surface area contributed by atoms with Crippen LogP contribution in [0, 0.1) is 6.92 Å². The molecule has 1 atom stereocenters. The molecule has 120 valence electrons. The monoisotopic (exact) mass is 310 g/mol. The highest BCUT2D eigenvalue weighted by Crippen LogP contribution is 2.44. The smallest absolute Gasteiger partial charge is 0.312 e. The van der Waals surface area contributed by atoms with Gasteiger partial charge in [-0.05, 0) is 41.7 Å². The van der Waals surface area contributed by atoms with Crippen molar-refractivity contribution in [1.29, 1.82) is 0 Å². The van der Waals surface area contributed by atoms with E-state index in [4.69, 9.17) is 9.47 Å². The molecule has 0 aliphatic carbocycles. The van der Waals surface area contributed by atoms with Gasteiger partial charge in [-0.2, -0.15) is 0 Å². The minimum Gasteiger partial charge on any atom is -0.497 e. The van der Waals surface area contributed by atoms with Crippen molar-refractivity contribution in [1.82, 2.24) is 0 Å². The summed E-state index contributed by atoms with van der Waals surface area (Å²) in [6.45, 7) is 6.32. The van der Waals surface area contributed by atoms with E-state index < -0.39 is 0 Å². The van der Waals surface area contributed by atoms with E-state index in [0.29, 0.717) is 12.3 Å². The zero-order valence-corrected chi connectivity index (χ0v) is 14.1. The fourth-order valence-electron chi connectivity index (χ4n) is 3.26. The molecule has 0 aromatic heterocycles. The Morgan fingerprint density at radius 1 is 1.13 bits per heavy atom. The van der Waals surface area contributed by atoms with Gasteiger partial charge in [0.2, 0.25) is 0 Å². The topological polar surface area (TPSA) is 35.5 Å². The van der Waals surface area contributed by atoms with Gasteiger partial charge >= 0.3 is 5.97 Å². The number of esters is 1. The molecule has 0 radical (unpaired) electrons. The maximum Gasteiger partial charge on any atom is 0.312 e. The van der Waals surface area contributed by atoms with E-state index in [1.54, 1.807) is 7.11 Å². The van der Waals surface area contributed by atoms with Crippen LogP contribution >= 0.6 is 0 Å². The lowest BCUT2D eigenvalue weighted by Crippen LogP contribution is -2.23. The van der Waals surface area contributed by atoms with Crippen molar-refractivity contribution < 1.29 is 14.3 Å². The molecule has 0 bridgehead atoms. The van der Waals surface area contributed by atoms with Gasteiger partial charge in [0.15, 0.2) is 0 Å². The van der Waals surface area contributed by atoms with E-state index in [0.717, 1.165) is 33.8 Å². The number of ether oxygens (including phenoxy) is 2. The first-order chi connectivity index (χ1) is 11.0. The van der Waals surface area contributed by atoms with E-state index in [2.05, 4.69) is 32.9 Å². The van der Waals surface area contributed by atoms with Crippen LogP contribution in [0.25, 0.3) is 0 Å². The zero-order chi connectivity index (χ0) is 16.6. The lowest BCUT2D eigenvalue weighted by molar-refractivity contribution is -0.135. The molecule has 0 unspecified atom stereocenters. The van der Waals surface area contributed by atoms with E-state index in [1.807, 2.05) is 24.3 Å². The summed E-state index contributed by atoms with van der Waals surface area (Å²) >= 11 is 0. The Labute approximate surface area is 137 Å². The molecular weight excluding hydrogens is 288 g/mol. The Balaban J connectivity index is 2.14. The maximum absolute atomic E-state index is 12.2. The summed E-state index contributed by atoms with van der Waals surface area (Å²) in [4.78, 5) is 12.2. The summed E-state index contributed by atoms with van der Waals surface area (Å²) in [5.74, 6) is 1.77. The molecule has 1 aliphatic rings. The van der Waals surface area contributed by atoms with Crippen LogP contribution in [-0.4, -0.2) is 13.1 Å². The number of benzene rings is 2. The quantitative estimate of drug-likeness (QED) is 0.615. The van der Waals surface area contributed by atoms with Crippen molar-refractivity contribution in [2.45, 2.75) is 39.0 Å². The molecule has 2 aromatic rings. The first-order valence-electron chi connectivity index (χ1n) is 7.99. The number of rotatable bonds is 3. The third-order valence-electron chi connectivity index (χ3n) is 4.52. The normalized spacial score (nSPS) is 16.9. The number of aryl methyl sites for hydroxylation is 1. The van der Waals surface area contributed by atoms with Crippen LogP contribution in [0.1, 0.15) is 54.4 Å². The summed E-state index contributed by atoms with van der Waals surface area (Å²) < 4.78 is 10.9. The highest BCUT2D eigenvalue weighted by molar-refractivity contribution is 5.79. The van der Waals surface area contributed by atoms with Crippen molar-refractivity contribution in [3.63, 3.8) is 0 Å². The SMILES string of the molecule is COc1ccc([C@H]2CC(=O)Oc3c(C(C)C)ccc(C)c32)cc1. The summed E-state index contributed by atoms with van der Waals surface area (Å²) in [5, 5.41) is 0. The largest absolute Gasteiger partial charge is 0.497 e. The van der Waals surface area contributed by atoms with Gasteiger partial charge < -0.3 is 9.47 Å². The Kier molecular flexibility index (Phi) is 4.12. The van der Waals surface area contributed by atoms with Gasteiger partial charge in [-0.3, -0.25) is 4.79 Å². The number of carbonyl (C=O) groups excluding carboxylic acids is 1. The molecule has 0 amide bonds. The number of methoxy groups -OCH3 is 1. The standard InChI is InChI=1S/C20H22O3/c1-12(2)16-10-5-13(3)19-17(11-18(21)23-20(16)19)14-6-8-15(22-4)9-7-14/h5-10,12,17H,11H2,1-4H3/t17-/m1/s1. The number of hydrogen-bond donors (Lipinski definition) is 0. The fourth-order valence-corrected chi connectivity index (χ4v) is 3.26. The van der Waals surface area contributed by atoms with Gasteiger partial charge in [0.25, 0.3) is 0 Å². The number of hydrogen-bond acceptors (Lipinski definition) is 3. The third-order valence-corrected chi connectivity index (χ3v) is 4.52. The summed E-state index contributed by atoms with van der Waals surface area (Å²) in [6.07, 6.45) is 0.377. The highest BCUT2D eigenvalue weighted by atomic mass is 16.5. The van der Waals surface area contributed by atoms with Gasteiger partial charge in [0, 0.05) is 11.5 Å². The fraction of sp³-hybridized carbons (Fsp3) is 0.350. The summed E-state index contributed by atoms with van der Waals surface area (Å²) in [6, 6.07) is 12.2. The average molecular weight is 310 g/mol. The molecule has 0 spiro atoms. The molecule has 23 heavy (non-hydrogen) atoms. The van der Waals surface area contributed by atoms with Crippen LogP contribution in [0.15, 0.2) is 36.4 Å². The number of carbonyl (C=O) groups is 1. The second-order valence-electron chi connectivity index (χ2n) is 6.37. The second kappa shape index (κ2) is 6.07. The van der Waals surface area contributed by atoms with Crippen LogP contribution in [0.3, 0.4) is 0 Å². The van der Waals surface area contributed by atoms with Gasteiger partial charge in [-0.25, -0.2) is 0 Å². The van der Waals surface area contributed by atoms with Gasteiger partial charge in [-0.1, -0.05) is 38.1 Å². The molecule has 3 nitrogen and oxygen atoms in total. The van der Waals surface area contributed by atoms with Crippen molar-refractivity contribution in [3.8, 4) is 11.5 Å². The predicted molar refractivity (Wildman–Crippen MR) is 90.4 cm³/mol. The first-order valence-corrected chi connectivity index (χ1v) is 7.99. The van der Waals surface area contributed by atoms with Gasteiger partial charge in [0.1, 0.15) is 11.5 Å². The Morgan fingerprint density at radius 3 is 2.43 bits per heavy atom. The molecule has 0 N–H and O–H groups in total. The molecule has 0 fully saturated rings. The minimum absolute atomic E-state index is 0.0378. The van der Waals surface area contributed by atoms with Crippen LogP contribution in [0.4, 0.5) is 0 Å². The first kappa shape index (κ1) is 15.6. The van der Waals surface area contributed by atoms with Crippen LogP contribution in [0.5, 0.6) is 11.5 Å². The summed E-state index contributed by atoms with van der Waals surface area (Å²) in [5.41, 5.74) is 4.52. The zero-order valence-electron chi connectivity index (χ0n) is 14.1. The molecule has 1 aliphatic heterocycles. The van der Waals surface area contributed by atoms with Gasteiger partial charge in [-0.15, -0.1) is 0 Å². The Morgan fingerprint density at radius 2 is 1.83 bits per heavy atom. The van der Waals surface area contributed by atoms with E-state index in [-0.39, 0.29) is 11.9 Å². The minimum atomic E-state index is -0.161. The van der Waals surface area contributed by atoms with Crippen molar-refractivity contribution >= 4 is 5.97 Å². The molecule has 3 rings (SSSR count). The second-order valence-corrected chi connectivity index (χ2v) is 6.37. The Hall–Kier alpha value is -2.29. The van der Waals surface area contributed by atoms with E-state index in [9.17, 15) is 4.79 Å². The van der Waals surface area contributed by atoms with E-state index >= 15 is 0 Å². The molecular formula is C20H22O3.